The van der Waals surface area contributed by atoms with E-state index < -0.39 is 5.41 Å². The molecule has 0 amide bonds. The van der Waals surface area contributed by atoms with E-state index in [2.05, 4.69) is 254 Å². The van der Waals surface area contributed by atoms with Crippen molar-refractivity contribution in [1.82, 2.24) is 0 Å². The van der Waals surface area contributed by atoms with Gasteiger partial charge < -0.3 is 9.80 Å². The Hall–Kier alpha value is -7.94. The number of nitrogens with zero attached hydrogens (tertiary/aromatic N) is 2. The number of fused-ring (bicyclic) bond motifs is 13. The summed E-state index contributed by atoms with van der Waals surface area (Å²) in [5.41, 5.74) is 21.8. The van der Waals surface area contributed by atoms with Crippen molar-refractivity contribution in [3.8, 4) is 33.4 Å². The number of hydrogen-bond donors (Lipinski definition) is 0. The molecule has 2 heteroatoms. The van der Waals surface area contributed by atoms with Crippen LogP contribution in [-0.4, -0.2) is 0 Å². The van der Waals surface area contributed by atoms with E-state index in [0.717, 1.165) is 17.1 Å². The second-order valence-electron chi connectivity index (χ2n) is 18.0. The van der Waals surface area contributed by atoms with Crippen LogP contribution in [0.5, 0.6) is 0 Å². The lowest BCUT2D eigenvalue weighted by atomic mass is 9.70. The monoisotopic (exact) mass is 816 g/mol. The van der Waals surface area contributed by atoms with Gasteiger partial charge in [0.15, 0.2) is 0 Å². The zero-order valence-electron chi connectivity index (χ0n) is 35.8. The molecule has 0 saturated heterocycles. The first-order valence-corrected chi connectivity index (χ1v) is 22.4. The topological polar surface area (TPSA) is 6.48 Å². The van der Waals surface area contributed by atoms with Gasteiger partial charge in [-0.05, 0) is 115 Å². The average molecular weight is 817 g/mol. The number of hydrogen-bond acceptors (Lipinski definition) is 2. The summed E-state index contributed by atoms with van der Waals surface area (Å²) < 4.78 is 0. The van der Waals surface area contributed by atoms with Gasteiger partial charge >= 0.3 is 0 Å². The van der Waals surface area contributed by atoms with Crippen LogP contribution in [0.3, 0.4) is 0 Å². The van der Waals surface area contributed by atoms with Crippen LogP contribution in [0.15, 0.2) is 231 Å². The Kier molecular flexibility index (Phi) is 7.90. The first kappa shape index (κ1) is 36.7. The first-order valence-electron chi connectivity index (χ1n) is 22.4. The third-order valence-corrected chi connectivity index (χ3v) is 14.4. The van der Waals surface area contributed by atoms with E-state index in [1.807, 2.05) is 0 Å². The maximum Gasteiger partial charge on any atom is 0.0726 e. The highest BCUT2D eigenvalue weighted by molar-refractivity contribution is 6.08. The molecule has 0 fully saturated rings. The maximum atomic E-state index is 2.54. The van der Waals surface area contributed by atoms with Crippen LogP contribution < -0.4 is 9.80 Å². The minimum Gasteiger partial charge on any atom is -0.310 e. The summed E-state index contributed by atoms with van der Waals surface area (Å²) in [5, 5.41) is 2.44. The zero-order valence-corrected chi connectivity index (χ0v) is 35.8. The zero-order chi connectivity index (χ0) is 42.6. The number of rotatable bonds is 5. The summed E-state index contributed by atoms with van der Waals surface area (Å²) in [7, 11) is 0. The van der Waals surface area contributed by atoms with Crippen LogP contribution in [-0.2, 0) is 10.8 Å². The van der Waals surface area contributed by atoms with Gasteiger partial charge in [0.05, 0.1) is 22.5 Å². The predicted molar refractivity (Wildman–Crippen MR) is 267 cm³/mol. The third-order valence-electron chi connectivity index (χ3n) is 14.4. The van der Waals surface area contributed by atoms with Crippen molar-refractivity contribution in [3.05, 3.63) is 264 Å². The summed E-state index contributed by atoms with van der Waals surface area (Å²) in [5.74, 6) is 0. The van der Waals surface area contributed by atoms with Crippen molar-refractivity contribution >= 4 is 44.9 Å². The molecular weight excluding hydrogens is 773 g/mol. The molecule has 2 aliphatic carbocycles. The predicted octanol–water partition coefficient (Wildman–Crippen LogP) is 16.4. The van der Waals surface area contributed by atoms with Crippen LogP contribution in [0.25, 0.3) is 44.2 Å². The SMILES string of the molecule is CC1(C)c2ccccc2N(c2c(-c3ccccc3)ccc3ccccc23)c2ccc(N(c3ccccc3)c3ccc4c(c3)C3(c5ccccc5-c5ccccc53)c3ccccc3-4)cc21. The van der Waals surface area contributed by atoms with Crippen LogP contribution in [0, 0.1) is 0 Å². The fourth-order valence-corrected chi connectivity index (χ4v) is 11.7. The highest BCUT2D eigenvalue weighted by Gasteiger charge is 2.51. The number of anilines is 6. The molecule has 3 aliphatic rings. The van der Waals surface area contributed by atoms with E-state index in [1.165, 1.54) is 94.6 Å². The van der Waals surface area contributed by atoms with Crippen molar-refractivity contribution in [3.63, 3.8) is 0 Å². The Labute approximate surface area is 375 Å². The normalized spacial score (nSPS) is 14.3. The highest BCUT2D eigenvalue weighted by Crippen LogP contribution is 2.64. The molecule has 64 heavy (non-hydrogen) atoms. The van der Waals surface area contributed by atoms with Gasteiger partial charge in [-0.1, -0.05) is 196 Å². The van der Waals surface area contributed by atoms with Crippen LogP contribution in [0.1, 0.15) is 47.2 Å². The number of para-hydroxylation sites is 2. The second kappa shape index (κ2) is 13.8. The summed E-state index contributed by atoms with van der Waals surface area (Å²) >= 11 is 0. The molecule has 1 spiro atoms. The minimum atomic E-state index is -0.436. The van der Waals surface area contributed by atoms with Crippen molar-refractivity contribution in [2.24, 2.45) is 0 Å². The summed E-state index contributed by atoms with van der Waals surface area (Å²) in [6, 6.07) is 85.8. The minimum absolute atomic E-state index is 0.306. The molecule has 0 saturated carbocycles. The molecule has 10 aromatic carbocycles. The van der Waals surface area contributed by atoms with Gasteiger partial charge in [-0.3, -0.25) is 0 Å². The smallest absolute Gasteiger partial charge is 0.0726 e. The average Bonchev–Trinajstić information content (AvgIpc) is 3.82. The van der Waals surface area contributed by atoms with Crippen LogP contribution in [0.4, 0.5) is 34.1 Å². The molecule has 2 nitrogen and oxygen atoms in total. The molecule has 1 heterocycles. The molecule has 0 N–H and O–H groups in total. The molecule has 0 unspecified atom stereocenters. The molecule has 0 aromatic heterocycles. The quantitative estimate of drug-likeness (QED) is 0.171. The van der Waals surface area contributed by atoms with Gasteiger partial charge in [-0.25, -0.2) is 0 Å². The molecular formula is C62H44N2. The standard InChI is InChI=1S/C62H44N2/c1-61(2)55-31-17-18-32-58(55)64(60-46-24-10-9-21-42(46)33-36-47(60)41-19-5-3-6-20-41)59-38-35-45(40-57(59)61)63(43-22-7-4-8-23-43)44-34-37-51-50-27-13-16-30-54(50)62(56(51)39-44)52-28-14-11-25-48(52)49-26-12-15-29-53(49)62/h3-40H,1-2H3. The van der Waals surface area contributed by atoms with Gasteiger partial charge in [0.25, 0.3) is 0 Å². The fourth-order valence-electron chi connectivity index (χ4n) is 11.7. The van der Waals surface area contributed by atoms with Gasteiger partial charge in [0, 0.05) is 33.4 Å². The Bertz CT molecular complexity index is 3430. The summed E-state index contributed by atoms with van der Waals surface area (Å²) in [4.78, 5) is 5.01. The molecule has 0 radical (unpaired) electrons. The van der Waals surface area contributed by atoms with Crippen molar-refractivity contribution in [1.29, 1.82) is 0 Å². The molecule has 0 atom stereocenters. The Morgan fingerprint density at radius 3 is 1.50 bits per heavy atom. The Morgan fingerprint density at radius 1 is 0.344 bits per heavy atom. The van der Waals surface area contributed by atoms with Crippen LogP contribution >= 0.6 is 0 Å². The highest BCUT2D eigenvalue weighted by atomic mass is 15.2. The molecule has 1 aliphatic heterocycles. The van der Waals surface area contributed by atoms with Gasteiger partial charge in [0.1, 0.15) is 0 Å². The molecule has 10 aromatic rings. The fraction of sp³-hybridized carbons (Fsp3) is 0.0645. The summed E-state index contributed by atoms with van der Waals surface area (Å²) in [6.45, 7) is 4.79. The van der Waals surface area contributed by atoms with Crippen molar-refractivity contribution in [2.45, 2.75) is 24.7 Å². The lowest BCUT2D eigenvalue weighted by Crippen LogP contribution is -2.31. The largest absolute Gasteiger partial charge is 0.310 e. The lowest BCUT2D eigenvalue weighted by Gasteiger charge is -2.43. The molecule has 302 valence electrons. The molecule has 13 rings (SSSR count). The van der Waals surface area contributed by atoms with E-state index in [4.69, 9.17) is 0 Å². The third kappa shape index (κ3) is 5.02. The van der Waals surface area contributed by atoms with E-state index in [0.29, 0.717) is 0 Å². The van der Waals surface area contributed by atoms with E-state index in [9.17, 15) is 0 Å². The van der Waals surface area contributed by atoms with Gasteiger partial charge in [-0.2, -0.15) is 0 Å². The maximum absolute atomic E-state index is 2.54. The Balaban J connectivity index is 1.05. The van der Waals surface area contributed by atoms with E-state index in [1.54, 1.807) is 0 Å². The lowest BCUT2D eigenvalue weighted by molar-refractivity contribution is 0.632. The van der Waals surface area contributed by atoms with Crippen molar-refractivity contribution < 1.29 is 0 Å². The van der Waals surface area contributed by atoms with Crippen LogP contribution in [0.2, 0.25) is 0 Å². The summed E-state index contributed by atoms with van der Waals surface area (Å²) in [6.07, 6.45) is 0. The first-order chi connectivity index (χ1) is 31.5. The van der Waals surface area contributed by atoms with Gasteiger partial charge in [0.2, 0.25) is 0 Å². The van der Waals surface area contributed by atoms with E-state index >= 15 is 0 Å². The Morgan fingerprint density at radius 2 is 0.828 bits per heavy atom. The van der Waals surface area contributed by atoms with E-state index in [-0.39, 0.29) is 5.41 Å². The number of benzene rings is 10. The second-order valence-corrected chi connectivity index (χ2v) is 18.0. The van der Waals surface area contributed by atoms with Gasteiger partial charge in [-0.15, -0.1) is 0 Å². The van der Waals surface area contributed by atoms with Crippen molar-refractivity contribution in [2.75, 3.05) is 9.80 Å². The molecule has 0 bridgehead atoms.